The number of aliphatic hydroxyl groups is 1. The first-order chi connectivity index (χ1) is 6.92. The highest BCUT2D eigenvalue weighted by Gasteiger charge is 1.99. The summed E-state index contributed by atoms with van der Waals surface area (Å²) < 4.78 is 0. The van der Waals surface area contributed by atoms with E-state index in [-0.39, 0.29) is 0 Å². The van der Waals surface area contributed by atoms with Crippen LogP contribution >= 0.6 is 0 Å². The molecule has 0 saturated carbocycles. The summed E-state index contributed by atoms with van der Waals surface area (Å²) >= 11 is 0. The Morgan fingerprint density at radius 2 is 2.00 bits per heavy atom. The van der Waals surface area contributed by atoms with Crippen molar-refractivity contribution in [3.05, 3.63) is 36.0 Å². The van der Waals surface area contributed by atoms with Gasteiger partial charge in [-0.1, -0.05) is 18.2 Å². The zero-order valence-corrected chi connectivity index (χ0v) is 8.33. The Morgan fingerprint density at radius 3 is 2.71 bits per heavy atom. The first-order valence-electron chi connectivity index (χ1n) is 4.61. The number of para-hydroxylation sites is 1. The molecule has 0 spiro atoms. The van der Waals surface area contributed by atoms with Gasteiger partial charge in [0.1, 0.15) is 0 Å². The van der Waals surface area contributed by atoms with Crippen LogP contribution in [-0.2, 0) is 6.42 Å². The highest BCUT2D eigenvalue weighted by Crippen LogP contribution is 2.17. The van der Waals surface area contributed by atoms with Crippen molar-refractivity contribution in [2.45, 2.75) is 6.42 Å². The van der Waals surface area contributed by atoms with Crippen LogP contribution in [0.2, 0.25) is 0 Å². The minimum atomic E-state index is 0.710. The number of aromatic amines is 1. The molecule has 76 valence electrons. The molecule has 0 aliphatic heterocycles. The summed E-state index contributed by atoms with van der Waals surface area (Å²) in [6.45, 7) is 0.710. The second-order valence-electron chi connectivity index (χ2n) is 2.90. The van der Waals surface area contributed by atoms with Crippen molar-refractivity contribution in [1.82, 2.24) is 4.98 Å². The second kappa shape index (κ2) is 5.42. The molecule has 0 aliphatic rings. The van der Waals surface area contributed by atoms with Crippen molar-refractivity contribution in [2.75, 3.05) is 13.7 Å². The van der Waals surface area contributed by atoms with E-state index in [0.717, 1.165) is 13.5 Å². The smallest absolute Gasteiger partial charge is 0.0456 e. The van der Waals surface area contributed by atoms with Crippen molar-refractivity contribution in [3.8, 4) is 0 Å². The molecule has 3 heteroatoms. The van der Waals surface area contributed by atoms with E-state index in [4.69, 9.17) is 10.8 Å². The Kier molecular flexibility index (Phi) is 4.16. The molecule has 2 rings (SSSR count). The lowest BCUT2D eigenvalue weighted by molar-refractivity contribution is 0.399. The largest absolute Gasteiger partial charge is 0.400 e. The van der Waals surface area contributed by atoms with Gasteiger partial charge in [-0.25, -0.2) is 0 Å². The summed E-state index contributed by atoms with van der Waals surface area (Å²) in [6, 6.07) is 8.29. The maximum Gasteiger partial charge on any atom is 0.0456 e. The molecular formula is C11H16N2O. The topological polar surface area (TPSA) is 62.0 Å². The zero-order valence-electron chi connectivity index (χ0n) is 8.33. The maximum absolute atomic E-state index is 7.00. The number of rotatable bonds is 2. The minimum absolute atomic E-state index is 0.710. The van der Waals surface area contributed by atoms with Crippen LogP contribution in [0.4, 0.5) is 0 Å². The molecule has 1 aromatic heterocycles. The highest BCUT2D eigenvalue weighted by atomic mass is 16.2. The zero-order chi connectivity index (χ0) is 10.4. The highest BCUT2D eigenvalue weighted by molar-refractivity contribution is 5.82. The van der Waals surface area contributed by atoms with Crippen molar-refractivity contribution in [2.24, 2.45) is 5.73 Å². The lowest BCUT2D eigenvalue weighted by Crippen LogP contribution is -2.01. The van der Waals surface area contributed by atoms with Crippen molar-refractivity contribution in [1.29, 1.82) is 0 Å². The van der Waals surface area contributed by atoms with E-state index in [2.05, 4.69) is 23.2 Å². The van der Waals surface area contributed by atoms with Crippen LogP contribution in [0.1, 0.15) is 5.56 Å². The van der Waals surface area contributed by atoms with E-state index in [1.165, 1.54) is 16.5 Å². The lowest BCUT2D eigenvalue weighted by Gasteiger charge is -1.93. The molecule has 0 bridgehead atoms. The van der Waals surface area contributed by atoms with E-state index in [0.29, 0.717) is 6.54 Å². The van der Waals surface area contributed by atoms with Crippen molar-refractivity contribution in [3.63, 3.8) is 0 Å². The van der Waals surface area contributed by atoms with Crippen LogP contribution < -0.4 is 5.73 Å². The Hall–Kier alpha value is -1.32. The summed E-state index contributed by atoms with van der Waals surface area (Å²) in [4.78, 5) is 3.22. The number of hydrogen-bond acceptors (Lipinski definition) is 2. The normalized spacial score (nSPS) is 9.64. The van der Waals surface area contributed by atoms with Crippen LogP contribution in [-0.4, -0.2) is 23.7 Å². The van der Waals surface area contributed by atoms with Gasteiger partial charge in [-0.05, 0) is 24.6 Å². The van der Waals surface area contributed by atoms with Gasteiger partial charge in [-0.3, -0.25) is 0 Å². The fourth-order valence-electron chi connectivity index (χ4n) is 1.49. The van der Waals surface area contributed by atoms with Gasteiger partial charge >= 0.3 is 0 Å². The van der Waals surface area contributed by atoms with Crippen molar-refractivity contribution < 1.29 is 5.11 Å². The molecule has 2 aromatic rings. The molecule has 0 atom stereocenters. The second-order valence-corrected chi connectivity index (χ2v) is 2.90. The van der Waals surface area contributed by atoms with Crippen LogP contribution in [0, 0.1) is 0 Å². The van der Waals surface area contributed by atoms with Gasteiger partial charge in [-0.2, -0.15) is 0 Å². The molecular weight excluding hydrogens is 176 g/mol. The molecule has 1 aromatic carbocycles. The van der Waals surface area contributed by atoms with Gasteiger partial charge in [0.15, 0.2) is 0 Å². The number of nitrogens with two attached hydrogens (primary N) is 1. The number of aromatic nitrogens is 1. The number of fused-ring (bicyclic) bond motifs is 1. The van der Waals surface area contributed by atoms with E-state index < -0.39 is 0 Å². The van der Waals surface area contributed by atoms with Crippen LogP contribution in [0.15, 0.2) is 30.5 Å². The molecule has 0 radical (unpaired) electrons. The predicted molar refractivity (Wildman–Crippen MR) is 59.2 cm³/mol. The number of H-pyrrole nitrogens is 1. The van der Waals surface area contributed by atoms with E-state index in [1.54, 1.807) is 0 Å². The third-order valence-electron chi connectivity index (χ3n) is 2.09. The fraction of sp³-hybridized carbons (Fsp3) is 0.273. The van der Waals surface area contributed by atoms with Crippen molar-refractivity contribution >= 4 is 10.9 Å². The van der Waals surface area contributed by atoms with Crippen LogP contribution in [0.25, 0.3) is 10.9 Å². The number of hydrogen-bond donors (Lipinski definition) is 3. The first kappa shape index (κ1) is 10.8. The monoisotopic (exact) mass is 192 g/mol. The predicted octanol–water partition coefficient (Wildman–Crippen LogP) is 1.28. The van der Waals surface area contributed by atoms with E-state index in [1.807, 2.05) is 12.3 Å². The first-order valence-corrected chi connectivity index (χ1v) is 4.61. The molecule has 3 nitrogen and oxygen atoms in total. The Bertz CT molecular complexity index is 381. The van der Waals surface area contributed by atoms with E-state index >= 15 is 0 Å². The minimum Gasteiger partial charge on any atom is -0.400 e. The summed E-state index contributed by atoms with van der Waals surface area (Å²) in [6.07, 6.45) is 2.99. The van der Waals surface area contributed by atoms with E-state index in [9.17, 15) is 0 Å². The summed E-state index contributed by atoms with van der Waals surface area (Å²) in [5.74, 6) is 0. The third kappa shape index (κ3) is 2.13. The number of nitrogens with one attached hydrogen (secondary N) is 1. The number of benzene rings is 1. The van der Waals surface area contributed by atoms with Crippen LogP contribution in [0.3, 0.4) is 0 Å². The van der Waals surface area contributed by atoms with Gasteiger partial charge in [0.05, 0.1) is 0 Å². The molecule has 0 saturated heterocycles. The molecule has 1 heterocycles. The quantitative estimate of drug-likeness (QED) is 0.671. The molecule has 0 amide bonds. The summed E-state index contributed by atoms with van der Waals surface area (Å²) in [5, 5.41) is 8.29. The Morgan fingerprint density at radius 1 is 1.29 bits per heavy atom. The molecule has 0 fully saturated rings. The molecule has 0 unspecified atom stereocenters. The summed E-state index contributed by atoms with van der Waals surface area (Å²) in [5.41, 5.74) is 8.01. The van der Waals surface area contributed by atoms with Gasteiger partial charge in [0.25, 0.3) is 0 Å². The van der Waals surface area contributed by atoms with Crippen LogP contribution in [0.5, 0.6) is 0 Å². The average Bonchev–Trinajstić information content (AvgIpc) is 2.66. The Balaban J connectivity index is 0.000000461. The molecule has 0 aliphatic carbocycles. The van der Waals surface area contributed by atoms with Gasteiger partial charge in [0, 0.05) is 24.2 Å². The SMILES string of the molecule is CO.NCCc1c[nH]c2ccccc12. The van der Waals surface area contributed by atoms with Gasteiger partial charge in [-0.15, -0.1) is 0 Å². The maximum atomic E-state index is 7.00. The molecule has 14 heavy (non-hydrogen) atoms. The third-order valence-corrected chi connectivity index (χ3v) is 2.09. The fourth-order valence-corrected chi connectivity index (χ4v) is 1.49. The Labute approximate surface area is 83.6 Å². The number of aliphatic hydroxyl groups excluding tert-OH is 1. The van der Waals surface area contributed by atoms with Gasteiger partial charge < -0.3 is 15.8 Å². The standard InChI is InChI=1S/C10H12N2.CH4O/c11-6-5-8-7-12-10-4-2-1-3-9(8)10;1-2/h1-4,7,12H,5-6,11H2;2H,1H3. The van der Waals surface area contributed by atoms with Gasteiger partial charge in [0.2, 0.25) is 0 Å². The summed E-state index contributed by atoms with van der Waals surface area (Å²) in [7, 11) is 1.00. The lowest BCUT2D eigenvalue weighted by atomic mass is 10.1. The molecule has 4 N–H and O–H groups in total. The average molecular weight is 192 g/mol.